The minimum atomic E-state index is -1.73. The Morgan fingerprint density at radius 3 is 2.51 bits per heavy atom. The first-order valence-corrected chi connectivity index (χ1v) is 29.7. The maximum Gasteiger partial charge on any atom is 0.412 e. The molecule has 0 bridgehead atoms. The van der Waals surface area contributed by atoms with Crippen molar-refractivity contribution in [2.45, 2.75) is 90.4 Å². The summed E-state index contributed by atoms with van der Waals surface area (Å²) < 4.78 is 91.4. The lowest BCUT2D eigenvalue weighted by atomic mass is 9.95. The number of fused-ring (bicyclic) bond motifs is 8. The molecule has 0 saturated carbocycles. The molecule has 7 aromatic rings. The number of carbonyl (C=O) groups is 5. The molecule has 22 nitrogen and oxygen atoms in total. The molecule has 5 aliphatic rings. The summed E-state index contributed by atoms with van der Waals surface area (Å²) in [6, 6.07) is 11.3. The molecule has 89 heavy (non-hydrogen) atoms. The van der Waals surface area contributed by atoms with Gasteiger partial charge in [-0.05, 0) is 76.1 Å². The summed E-state index contributed by atoms with van der Waals surface area (Å²) in [4.78, 5) is 98.4. The Labute approximate surface area is 514 Å². The summed E-state index contributed by atoms with van der Waals surface area (Å²) in [7, 11) is 0. The minimum absolute atomic E-state index is 0.0163. The quantitative estimate of drug-likeness (QED) is 0.0444. The van der Waals surface area contributed by atoms with Crippen molar-refractivity contribution in [1.29, 1.82) is 5.26 Å². The van der Waals surface area contributed by atoms with Crippen LogP contribution in [-0.4, -0.2) is 136 Å². The van der Waals surface area contributed by atoms with Gasteiger partial charge in [0.25, 0.3) is 11.5 Å². The van der Waals surface area contributed by atoms with Gasteiger partial charge < -0.3 is 49.1 Å². The number of amides is 3. The van der Waals surface area contributed by atoms with Crippen LogP contribution in [0, 0.1) is 28.8 Å². The number of hydrogen-bond donors (Lipinski definition) is 3. The largest absolute Gasteiger partial charge is 0.461 e. The summed E-state index contributed by atoms with van der Waals surface area (Å²) in [6.45, 7) is 12.4. The van der Waals surface area contributed by atoms with Crippen LogP contribution in [0.15, 0.2) is 59.4 Å². The molecule has 0 radical (unpaired) electrons. The van der Waals surface area contributed by atoms with Crippen molar-refractivity contribution in [3.05, 3.63) is 110 Å². The normalized spacial score (nSPS) is 18.5. The number of ether oxygens (including phenoxy) is 5. The third-order valence-electron chi connectivity index (χ3n) is 15.9. The van der Waals surface area contributed by atoms with E-state index in [0.29, 0.717) is 29.6 Å². The van der Waals surface area contributed by atoms with Crippen molar-refractivity contribution in [3.63, 3.8) is 0 Å². The number of piperazine rings is 1. The molecular weight excluding hydrogens is 1210 g/mol. The molecule has 3 aromatic carbocycles. The Morgan fingerprint density at radius 1 is 1.00 bits per heavy atom. The van der Waals surface area contributed by atoms with Crippen LogP contribution in [0.4, 0.5) is 43.7 Å². The number of rotatable bonds is 12. The van der Waals surface area contributed by atoms with Gasteiger partial charge in [0.15, 0.2) is 5.82 Å². The second-order valence-electron chi connectivity index (χ2n) is 22.7. The van der Waals surface area contributed by atoms with Crippen molar-refractivity contribution < 1.29 is 65.2 Å². The Hall–Kier alpha value is -9.13. The number of alkyl halides is 1. The lowest BCUT2D eigenvalue weighted by Gasteiger charge is -2.36. The number of halogens is 5. The second kappa shape index (κ2) is 24.1. The number of nitrogen functional groups attached to an aromatic ring is 1. The van der Waals surface area contributed by atoms with Crippen molar-refractivity contribution in [1.82, 2.24) is 34.6 Å². The van der Waals surface area contributed by atoms with Gasteiger partial charge in [-0.2, -0.15) is 15.2 Å². The highest BCUT2D eigenvalue weighted by atomic mass is 35.5. The van der Waals surface area contributed by atoms with Crippen LogP contribution < -0.4 is 31.6 Å². The summed E-state index contributed by atoms with van der Waals surface area (Å²) in [5, 5.41) is 15.2. The number of nitrogens with one attached hydrogen (secondary N) is 2. The molecule has 12 rings (SSSR count). The van der Waals surface area contributed by atoms with Crippen molar-refractivity contribution in [2.75, 3.05) is 75.0 Å². The smallest absolute Gasteiger partial charge is 0.412 e. The van der Waals surface area contributed by atoms with E-state index < -0.39 is 96.2 Å². The summed E-state index contributed by atoms with van der Waals surface area (Å²) in [5.74, 6) is -4.87. The lowest BCUT2D eigenvalue weighted by molar-refractivity contribution is -0.171. The number of nitrogens with zero attached hydrogens (tertiary/aromatic N) is 8. The Balaban J connectivity index is 0.00000404. The van der Waals surface area contributed by atoms with E-state index in [0.717, 1.165) is 29.9 Å². The van der Waals surface area contributed by atoms with E-state index in [9.17, 15) is 38.4 Å². The predicted octanol–water partition coefficient (Wildman–Crippen LogP) is 9.38. The van der Waals surface area contributed by atoms with Gasteiger partial charge in [-0.15, -0.1) is 11.3 Å². The molecule has 3 atom stereocenters. The van der Waals surface area contributed by atoms with Crippen molar-refractivity contribution in [2.24, 2.45) is 0 Å². The van der Waals surface area contributed by atoms with Crippen LogP contribution in [0.1, 0.15) is 82.2 Å². The Bertz CT molecular complexity index is 4260. The number of aromatic nitrogens is 4. The molecule has 3 saturated heterocycles. The van der Waals surface area contributed by atoms with Crippen molar-refractivity contribution in [3.8, 4) is 34.6 Å². The van der Waals surface area contributed by atoms with E-state index in [-0.39, 0.29) is 145 Å². The maximum absolute atomic E-state index is 17.4. The topological polar surface area (TPSA) is 276 Å². The molecule has 3 fully saturated rings. The first kappa shape index (κ1) is 61.5. The Kier molecular flexibility index (Phi) is 16.7. The maximum atomic E-state index is 17.4. The monoisotopic (exact) mass is 1260 g/mol. The van der Waals surface area contributed by atoms with Gasteiger partial charge in [0.05, 0.1) is 55.5 Å². The zero-order valence-electron chi connectivity index (χ0n) is 48.7. The third kappa shape index (κ3) is 11.7. The van der Waals surface area contributed by atoms with Gasteiger partial charge in [-0.3, -0.25) is 24.6 Å². The number of anilines is 3. The number of cyclic esters (lactones) is 1. The van der Waals surface area contributed by atoms with Crippen LogP contribution >= 0.6 is 22.9 Å². The summed E-state index contributed by atoms with van der Waals surface area (Å²) in [5.41, 5.74) is 4.84. The fourth-order valence-electron chi connectivity index (χ4n) is 12.0. The number of esters is 2. The number of hydrogen-bond acceptors (Lipinski definition) is 19. The highest BCUT2D eigenvalue weighted by Gasteiger charge is 2.49. The van der Waals surface area contributed by atoms with E-state index in [1.807, 2.05) is 24.8 Å². The van der Waals surface area contributed by atoms with Crippen LogP contribution in [-0.2, 0) is 46.5 Å². The second-order valence-corrected chi connectivity index (χ2v) is 24.1. The zero-order chi connectivity index (χ0) is 63.5. The van der Waals surface area contributed by atoms with Crippen LogP contribution in [0.3, 0.4) is 0 Å². The standard InChI is InChI=1S/C59H52ClF4N11O11S.C2H6/c1-27(24-83-56(80)67-21-42(76)85-48-32-17-41-46-29(22-75(41)53(78)35(32)25-82-54(48)79)14-28-15-40(38(63)18-39(28)68-46)69-57(81)86-58(2,3)4)52(77)73-12-10-72(11-13-73)51-33-16-36(60)44(31-6-7-37(62)49-43(31)34(20-65)50(66)87-49)45(64)47(33)70-55(71-51)84-26-59-8-5-9-74(59)23-30(61)19-59;1-2/h6-7,14-18,30,48H,1,5,8-13,19,21-26,66H2,2-4H3,(H,67,80)(H,69,81);1-2H3/t30?,48?,59-;/m0./s1. The molecule has 4 aromatic heterocycles. The highest BCUT2D eigenvalue weighted by molar-refractivity contribution is 7.23. The fraction of sp³-hybridized carbons (Fsp3) is 0.377. The van der Waals surface area contributed by atoms with E-state index >= 15 is 13.2 Å². The summed E-state index contributed by atoms with van der Waals surface area (Å²) >= 11 is 7.76. The molecule has 5 aliphatic heterocycles. The van der Waals surface area contributed by atoms with Gasteiger partial charge in [0.2, 0.25) is 6.10 Å². The van der Waals surface area contributed by atoms with Crippen LogP contribution in [0.25, 0.3) is 54.4 Å². The third-order valence-corrected chi connectivity index (χ3v) is 17.2. The molecule has 28 heteroatoms. The van der Waals surface area contributed by atoms with Gasteiger partial charge in [0.1, 0.15) is 72.2 Å². The summed E-state index contributed by atoms with van der Waals surface area (Å²) in [6.07, 6.45) is -3.04. The van der Waals surface area contributed by atoms with E-state index in [4.69, 9.17) is 46.0 Å². The van der Waals surface area contributed by atoms with E-state index in [2.05, 4.69) is 27.2 Å². The fourth-order valence-corrected chi connectivity index (χ4v) is 13.2. The number of nitrogens with two attached hydrogens (primary N) is 1. The zero-order valence-corrected chi connectivity index (χ0v) is 50.3. The van der Waals surface area contributed by atoms with Crippen LogP contribution in [0.2, 0.25) is 5.02 Å². The number of thiophene rings is 1. The first-order valence-electron chi connectivity index (χ1n) is 28.5. The molecule has 4 N–H and O–H groups in total. The first-order chi connectivity index (χ1) is 42.5. The predicted molar refractivity (Wildman–Crippen MR) is 321 cm³/mol. The van der Waals surface area contributed by atoms with Gasteiger partial charge in [0, 0.05) is 83.6 Å². The van der Waals surface area contributed by atoms with E-state index in [1.165, 1.54) is 33.7 Å². The van der Waals surface area contributed by atoms with Crippen LogP contribution in [0.5, 0.6) is 6.01 Å². The Morgan fingerprint density at radius 2 is 1.76 bits per heavy atom. The van der Waals surface area contributed by atoms with Gasteiger partial charge in [-0.25, -0.2) is 36.9 Å². The van der Waals surface area contributed by atoms with E-state index in [1.54, 1.807) is 31.7 Å². The SMILES string of the molecule is C=C(COC(=O)NCC(=O)OC1C(=O)OCc2c1cc1n(c2=O)Cc2cc3cc(NC(=O)OC(C)(C)C)c(F)cc3nc2-1)C(=O)N1CCN(c2nc(OC[C@@]34CCCN3CC(F)C4)nc3c(F)c(-c4ccc(F)c5sc(N)c(C#N)c45)c(Cl)cc23)CC1.CC. The number of carbonyl (C=O) groups excluding carboxylic acids is 5. The average molecular weight is 1260 g/mol. The molecule has 3 amide bonds. The lowest BCUT2D eigenvalue weighted by Crippen LogP contribution is -2.49. The minimum Gasteiger partial charge on any atom is -0.461 e. The molecule has 9 heterocycles. The average Bonchev–Trinajstić information content (AvgIpc) is 1.74. The molecule has 0 aliphatic carbocycles. The molecule has 0 spiro atoms. The molecule has 2 unspecified atom stereocenters. The number of alkyl carbamates (subject to hydrolysis) is 1. The highest BCUT2D eigenvalue weighted by Crippen LogP contribution is 2.47. The molecular formula is C61H58ClF4N11O11S. The number of nitriles is 1. The van der Waals surface area contributed by atoms with Gasteiger partial charge in [-0.1, -0.05) is 38.1 Å². The number of pyridine rings is 2. The molecule has 464 valence electrons. The number of benzene rings is 3. The van der Waals surface area contributed by atoms with Crippen molar-refractivity contribution >= 4 is 101 Å². The van der Waals surface area contributed by atoms with Gasteiger partial charge >= 0.3 is 30.1 Å².